The fraction of sp³-hybridized carbons (Fsp3) is 0.857. The van der Waals surface area contributed by atoms with Crippen LogP contribution in [0.3, 0.4) is 0 Å². The van der Waals surface area contributed by atoms with Crippen molar-refractivity contribution in [2.24, 2.45) is 0 Å². The molecule has 1 aliphatic rings. The van der Waals surface area contributed by atoms with E-state index in [0.717, 1.165) is 6.92 Å². The molecule has 0 radical (unpaired) electrons. The molecule has 0 aliphatic carbocycles. The van der Waals surface area contributed by atoms with Gasteiger partial charge < -0.3 is 10.1 Å². The number of rotatable bonds is 1. The van der Waals surface area contributed by atoms with Gasteiger partial charge in [-0.3, -0.25) is 4.79 Å². The molecule has 1 saturated heterocycles. The van der Waals surface area contributed by atoms with Gasteiger partial charge in [0, 0.05) is 26.4 Å². The normalized spacial score (nSPS) is 28.1. The van der Waals surface area contributed by atoms with Crippen molar-refractivity contribution in [3.8, 4) is 0 Å². The van der Waals surface area contributed by atoms with Crippen molar-refractivity contribution in [3.05, 3.63) is 0 Å². The van der Waals surface area contributed by atoms with Gasteiger partial charge in [0.2, 0.25) is 0 Å². The van der Waals surface area contributed by atoms with Crippen LogP contribution < -0.4 is 5.32 Å². The molecular formula is C7H11F2NO2. The van der Waals surface area contributed by atoms with Crippen LogP contribution in [0.5, 0.6) is 0 Å². The van der Waals surface area contributed by atoms with Gasteiger partial charge in [0.05, 0.1) is 0 Å². The van der Waals surface area contributed by atoms with Crippen LogP contribution in [-0.2, 0) is 9.53 Å². The van der Waals surface area contributed by atoms with E-state index < -0.39 is 18.0 Å². The third-order valence-corrected chi connectivity index (χ3v) is 1.74. The fourth-order valence-corrected chi connectivity index (χ4v) is 1.13. The number of halogens is 2. The molecule has 3 nitrogen and oxygen atoms in total. The molecule has 0 aromatic heterocycles. The summed E-state index contributed by atoms with van der Waals surface area (Å²) in [4.78, 5) is 10.4. The number of nitrogens with one attached hydrogen (secondary N) is 1. The first kappa shape index (κ1) is 9.38. The van der Waals surface area contributed by atoms with Crippen LogP contribution >= 0.6 is 0 Å². The fourth-order valence-electron chi connectivity index (χ4n) is 1.13. The van der Waals surface area contributed by atoms with E-state index in [-0.39, 0.29) is 19.5 Å². The summed E-state index contributed by atoms with van der Waals surface area (Å²) in [5.41, 5.74) is 0. The van der Waals surface area contributed by atoms with Crippen molar-refractivity contribution in [1.82, 2.24) is 5.32 Å². The molecule has 0 aromatic carbocycles. The number of ether oxygens (including phenoxy) is 1. The van der Waals surface area contributed by atoms with Gasteiger partial charge in [-0.05, 0) is 0 Å². The first-order valence-corrected chi connectivity index (χ1v) is 3.78. The Morgan fingerprint density at radius 1 is 1.67 bits per heavy atom. The first-order chi connectivity index (χ1) is 5.52. The van der Waals surface area contributed by atoms with E-state index in [1.807, 2.05) is 0 Å². The highest BCUT2D eigenvalue weighted by Crippen LogP contribution is 2.27. The summed E-state index contributed by atoms with van der Waals surface area (Å²) in [7, 11) is 0. The number of carbonyl (C=O) groups excluding carboxylic acids is 1. The summed E-state index contributed by atoms with van der Waals surface area (Å²) in [6.45, 7) is 1.43. The number of esters is 1. The summed E-state index contributed by atoms with van der Waals surface area (Å²) in [5.74, 6) is -3.54. The van der Waals surface area contributed by atoms with E-state index in [0.29, 0.717) is 0 Å². The third-order valence-electron chi connectivity index (χ3n) is 1.74. The Bertz CT molecular complexity index is 184. The van der Waals surface area contributed by atoms with Crippen LogP contribution in [0.15, 0.2) is 0 Å². The molecule has 0 saturated carbocycles. The van der Waals surface area contributed by atoms with Gasteiger partial charge >= 0.3 is 5.97 Å². The lowest BCUT2D eigenvalue weighted by Gasteiger charge is -2.30. The zero-order valence-corrected chi connectivity index (χ0v) is 6.77. The second kappa shape index (κ2) is 3.35. The van der Waals surface area contributed by atoms with Gasteiger partial charge in [-0.2, -0.15) is 0 Å². The molecule has 1 N–H and O–H groups in total. The van der Waals surface area contributed by atoms with Crippen LogP contribution in [0.25, 0.3) is 0 Å². The average molecular weight is 179 g/mol. The van der Waals surface area contributed by atoms with E-state index >= 15 is 0 Å². The van der Waals surface area contributed by atoms with Crippen molar-refractivity contribution in [2.45, 2.75) is 25.4 Å². The molecule has 1 aliphatic heterocycles. The minimum Gasteiger partial charge on any atom is -0.455 e. The highest BCUT2D eigenvalue weighted by atomic mass is 19.3. The van der Waals surface area contributed by atoms with Gasteiger partial charge in [-0.1, -0.05) is 0 Å². The Morgan fingerprint density at radius 3 is 2.83 bits per heavy atom. The molecule has 5 heteroatoms. The Kier molecular flexibility index (Phi) is 2.62. The molecule has 0 unspecified atom stereocenters. The van der Waals surface area contributed by atoms with Crippen LogP contribution in [0.4, 0.5) is 8.78 Å². The topological polar surface area (TPSA) is 38.3 Å². The quantitative estimate of drug-likeness (QED) is 0.597. The molecule has 70 valence electrons. The Labute approximate surface area is 69.1 Å². The Hall–Kier alpha value is -0.710. The number of piperidine rings is 1. The Balaban J connectivity index is 2.54. The molecule has 0 spiro atoms. The van der Waals surface area contributed by atoms with E-state index in [2.05, 4.69) is 10.1 Å². The minimum absolute atomic E-state index is 0.0343. The number of alkyl halides is 2. The lowest BCUT2D eigenvalue weighted by molar-refractivity contribution is -0.176. The summed E-state index contributed by atoms with van der Waals surface area (Å²) in [5, 5.41) is 2.74. The maximum absolute atomic E-state index is 12.9. The van der Waals surface area contributed by atoms with Crippen molar-refractivity contribution < 1.29 is 18.3 Å². The van der Waals surface area contributed by atoms with Crippen LogP contribution in [0.1, 0.15) is 13.3 Å². The molecule has 0 bridgehead atoms. The van der Waals surface area contributed by atoms with Gasteiger partial charge in [-0.25, -0.2) is 8.78 Å². The predicted molar refractivity (Wildman–Crippen MR) is 38.0 cm³/mol. The first-order valence-electron chi connectivity index (χ1n) is 3.78. The van der Waals surface area contributed by atoms with E-state index in [9.17, 15) is 13.6 Å². The number of hydrogen-bond acceptors (Lipinski definition) is 3. The molecule has 1 heterocycles. The Morgan fingerprint density at radius 2 is 2.33 bits per heavy atom. The van der Waals surface area contributed by atoms with Crippen molar-refractivity contribution in [2.75, 3.05) is 13.1 Å². The average Bonchev–Trinajstić information content (AvgIpc) is 1.92. The van der Waals surface area contributed by atoms with Gasteiger partial charge in [-0.15, -0.1) is 0 Å². The second-order valence-electron chi connectivity index (χ2n) is 2.81. The highest BCUT2D eigenvalue weighted by molar-refractivity contribution is 5.66. The van der Waals surface area contributed by atoms with Gasteiger partial charge in [0.15, 0.2) is 6.10 Å². The van der Waals surface area contributed by atoms with Gasteiger partial charge in [0.25, 0.3) is 5.92 Å². The van der Waals surface area contributed by atoms with Crippen molar-refractivity contribution >= 4 is 5.97 Å². The monoisotopic (exact) mass is 179 g/mol. The lowest BCUT2D eigenvalue weighted by Crippen LogP contribution is -2.50. The summed E-state index contributed by atoms with van der Waals surface area (Å²) in [6.07, 6.45) is -1.57. The minimum atomic E-state index is -2.88. The lowest BCUT2D eigenvalue weighted by atomic mass is 10.1. The summed E-state index contributed by atoms with van der Waals surface area (Å²) < 4.78 is 30.3. The number of hydrogen-bond donors (Lipinski definition) is 1. The van der Waals surface area contributed by atoms with Crippen molar-refractivity contribution in [1.29, 1.82) is 0 Å². The molecule has 1 atom stereocenters. The van der Waals surface area contributed by atoms with E-state index in [1.165, 1.54) is 0 Å². The zero-order valence-electron chi connectivity index (χ0n) is 6.77. The number of carbonyl (C=O) groups is 1. The summed E-state index contributed by atoms with van der Waals surface area (Å²) in [6, 6.07) is 0. The molecular weight excluding hydrogens is 168 g/mol. The maximum atomic E-state index is 12.9. The summed E-state index contributed by atoms with van der Waals surface area (Å²) >= 11 is 0. The standard InChI is InChI=1S/C7H11F2NO2/c1-5(11)12-6-4-10-3-2-7(6,8)9/h6,10H,2-4H2,1H3/t6-/m1/s1. The zero-order chi connectivity index (χ0) is 9.19. The molecule has 0 amide bonds. The van der Waals surface area contributed by atoms with E-state index in [4.69, 9.17) is 0 Å². The smallest absolute Gasteiger partial charge is 0.303 e. The molecule has 12 heavy (non-hydrogen) atoms. The van der Waals surface area contributed by atoms with E-state index in [1.54, 1.807) is 0 Å². The van der Waals surface area contributed by atoms with Crippen molar-refractivity contribution in [3.63, 3.8) is 0 Å². The van der Waals surface area contributed by atoms with Crippen LogP contribution in [0, 0.1) is 0 Å². The largest absolute Gasteiger partial charge is 0.455 e. The molecule has 0 aromatic rings. The highest BCUT2D eigenvalue weighted by Gasteiger charge is 2.43. The predicted octanol–water partition coefficient (Wildman–Crippen LogP) is 0.547. The second-order valence-corrected chi connectivity index (χ2v) is 2.81. The third kappa shape index (κ3) is 2.14. The molecule has 1 fully saturated rings. The van der Waals surface area contributed by atoms with Crippen LogP contribution in [-0.4, -0.2) is 31.1 Å². The molecule has 1 rings (SSSR count). The maximum Gasteiger partial charge on any atom is 0.303 e. The van der Waals surface area contributed by atoms with Gasteiger partial charge in [0.1, 0.15) is 0 Å². The SMILES string of the molecule is CC(=O)O[C@@H]1CNCCC1(F)F. The van der Waals surface area contributed by atoms with Crippen LogP contribution in [0.2, 0.25) is 0 Å².